The van der Waals surface area contributed by atoms with Gasteiger partial charge in [0.05, 0.1) is 12.0 Å². The molecule has 1 aromatic heterocycles. The monoisotopic (exact) mass is 304 g/mol. The van der Waals surface area contributed by atoms with Crippen LogP contribution in [0.2, 0.25) is 0 Å². The van der Waals surface area contributed by atoms with Gasteiger partial charge in [-0.25, -0.2) is 0 Å². The lowest BCUT2D eigenvalue weighted by Crippen LogP contribution is -2.36. The standard InChI is InChI=1S/C13H15F3N2O3/c1-2-3-9(6-11(19)20)18-12(21)10-5-4-8(7-17-10)13(14,15)16/h4-5,7,9H,2-3,6H2,1H3,(H,18,21)(H,19,20). The molecule has 0 aromatic carbocycles. The van der Waals surface area contributed by atoms with Crippen molar-refractivity contribution in [3.8, 4) is 0 Å². The van der Waals surface area contributed by atoms with Crippen LogP contribution >= 0.6 is 0 Å². The summed E-state index contributed by atoms with van der Waals surface area (Å²) < 4.78 is 37.1. The van der Waals surface area contributed by atoms with Gasteiger partial charge in [-0.05, 0) is 18.6 Å². The van der Waals surface area contributed by atoms with Crippen molar-refractivity contribution < 1.29 is 27.9 Å². The van der Waals surface area contributed by atoms with Crippen LogP contribution in [0.25, 0.3) is 0 Å². The Bertz CT molecular complexity index is 500. The maximum atomic E-state index is 12.4. The molecule has 1 atom stereocenters. The van der Waals surface area contributed by atoms with Gasteiger partial charge in [0, 0.05) is 12.2 Å². The molecule has 1 heterocycles. The number of carboxylic acid groups (broad SMARTS) is 1. The third kappa shape index (κ3) is 5.41. The lowest BCUT2D eigenvalue weighted by atomic mass is 10.1. The van der Waals surface area contributed by atoms with Crippen LogP contribution in [-0.4, -0.2) is 28.0 Å². The van der Waals surface area contributed by atoms with Gasteiger partial charge in [-0.3, -0.25) is 14.6 Å². The molecule has 1 amide bonds. The highest BCUT2D eigenvalue weighted by Gasteiger charge is 2.31. The number of carbonyl (C=O) groups is 2. The van der Waals surface area contributed by atoms with E-state index in [1.54, 1.807) is 0 Å². The summed E-state index contributed by atoms with van der Waals surface area (Å²) in [5.41, 5.74) is -1.14. The van der Waals surface area contributed by atoms with E-state index in [-0.39, 0.29) is 12.1 Å². The molecule has 0 aliphatic rings. The van der Waals surface area contributed by atoms with Gasteiger partial charge in [0.1, 0.15) is 5.69 Å². The van der Waals surface area contributed by atoms with Crippen LogP contribution in [0.3, 0.4) is 0 Å². The van der Waals surface area contributed by atoms with E-state index >= 15 is 0 Å². The molecule has 1 aromatic rings. The number of hydrogen-bond donors (Lipinski definition) is 2. The van der Waals surface area contributed by atoms with Crippen LogP contribution in [0.1, 0.15) is 42.2 Å². The third-order valence-corrected chi connectivity index (χ3v) is 2.72. The molecule has 0 radical (unpaired) electrons. The van der Waals surface area contributed by atoms with Crippen LogP contribution in [0.15, 0.2) is 18.3 Å². The second-order valence-corrected chi connectivity index (χ2v) is 4.49. The number of nitrogens with one attached hydrogen (secondary N) is 1. The molecule has 1 rings (SSSR count). The molecular formula is C13H15F3N2O3. The number of aromatic nitrogens is 1. The van der Waals surface area contributed by atoms with Crippen molar-refractivity contribution in [2.75, 3.05) is 0 Å². The Kier molecular flexibility index (Phi) is 5.69. The lowest BCUT2D eigenvalue weighted by molar-refractivity contribution is -0.138. The lowest BCUT2D eigenvalue weighted by Gasteiger charge is -2.16. The van der Waals surface area contributed by atoms with Crippen molar-refractivity contribution in [2.24, 2.45) is 0 Å². The van der Waals surface area contributed by atoms with E-state index < -0.39 is 29.7 Å². The second kappa shape index (κ2) is 7.05. The number of carboxylic acids is 1. The Balaban J connectivity index is 2.76. The quantitative estimate of drug-likeness (QED) is 0.846. The van der Waals surface area contributed by atoms with Crippen molar-refractivity contribution in [1.82, 2.24) is 10.3 Å². The largest absolute Gasteiger partial charge is 0.481 e. The molecule has 8 heteroatoms. The maximum absolute atomic E-state index is 12.4. The zero-order valence-corrected chi connectivity index (χ0v) is 11.3. The summed E-state index contributed by atoms with van der Waals surface area (Å²) in [4.78, 5) is 25.9. The fraction of sp³-hybridized carbons (Fsp3) is 0.462. The van der Waals surface area contributed by atoms with Crippen molar-refractivity contribution >= 4 is 11.9 Å². The highest BCUT2D eigenvalue weighted by molar-refractivity contribution is 5.92. The van der Waals surface area contributed by atoms with Gasteiger partial charge >= 0.3 is 12.1 Å². The Labute approximate surface area is 119 Å². The molecular weight excluding hydrogens is 289 g/mol. The first-order valence-corrected chi connectivity index (χ1v) is 6.30. The number of nitrogens with zero attached hydrogens (tertiary/aromatic N) is 1. The summed E-state index contributed by atoms with van der Waals surface area (Å²) in [7, 11) is 0. The van der Waals surface area contributed by atoms with Crippen molar-refractivity contribution in [3.63, 3.8) is 0 Å². The van der Waals surface area contributed by atoms with Crippen LogP contribution in [0.5, 0.6) is 0 Å². The first kappa shape index (κ1) is 16.9. The molecule has 5 nitrogen and oxygen atoms in total. The maximum Gasteiger partial charge on any atom is 0.417 e. The van der Waals surface area contributed by atoms with Crippen LogP contribution in [0.4, 0.5) is 13.2 Å². The molecule has 2 N–H and O–H groups in total. The molecule has 0 saturated heterocycles. The number of carbonyl (C=O) groups excluding carboxylic acids is 1. The molecule has 0 aliphatic heterocycles. The van der Waals surface area contributed by atoms with Gasteiger partial charge in [-0.1, -0.05) is 13.3 Å². The molecule has 0 saturated carbocycles. The Morgan fingerprint density at radius 3 is 2.48 bits per heavy atom. The molecule has 0 spiro atoms. The van der Waals surface area contributed by atoms with Crippen LogP contribution in [0, 0.1) is 0 Å². The fourth-order valence-corrected chi connectivity index (χ4v) is 1.74. The van der Waals surface area contributed by atoms with Gasteiger partial charge in [0.15, 0.2) is 0 Å². The summed E-state index contributed by atoms with van der Waals surface area (Å²) in [6.45, 7) is 1.83. The summed E-state index contributed by atoms with van der Waals surface area (Å²) in [5.74, 6) is -1.75. The topological polar surface area (TPSA) is 79.3 Å². The minimum atomic E-state index is -4.52. The number of halogens is 3. The molecule has 116 valence electrons. The first-order chi connectivity index (χ1) is 9.74. The Morgan fingerprint density at radius 1 is 1.38 bits per heavy atom. The van der Waals surface area contributed by atoms with E-state index in [1.807, 2.05) is 6.92 Å². The van der Waals surface area contributed by atoms with Crippen molar-refractivity contribution in [2.45, 2.75) is 38.4 Å². The van der Waals surface area contributed by atoms with Crippen LogP contribution in [-0.2, 0) is 11.0 Å². The predicted molar refractivity (Wildman–Crippen MR) is 67.7 cm³/mol. The zero-order chi connectivity index (χ0) is 16.0. The molecule has 1 unspecified atom stereocenters. The van der Waals surface area contributed by atoms with E-state index in [9.17, 15) is 22.8 Å². The molecule has 0 bridgehead atoms. The van der Waals surface area contributed by atoms with E-state index in [2.05, 4.69) is 10.3 Å². The van der Waals surface area contributed by atoms with Gasteiger partial charge in [0.2, 0.25) is 0 Å². The van der Waals surface area contributed by atoms with Gasteiger partial charge in [-0.2, -0.15) is 13.2 Å². The normalized spacial score (nSPS) is 12.8. The average molecular weight is 304 g/mol. The van der Waals surface area contributed by atoms with E-state index in [0.29, 0.717) is 19.0 Å². The van der Waals surface area contributed by atoms with Gasteiger partial charge in [0.25, 0.3) is 5.91 Å². The molecule has 0 fully saturated rings. The Hall–Kier alpha value is -2.12. The summed E-state index contributed by atoms with van der Waals surface area (Å²) >= 11 is 0. The summed E-state index contributed by atoms with van der Waals surface area (Å²) in [6.07, 6.45) is -3.07. The van der Waals surface area contributed by atoms with Gasteiger partial charge in [-0.15, -0.1) is 0 Å². The minimum Gasteiger partial charge on any atom is -0.481 e. The minimum absolute atomic E-state index is 0.186. The van der Waals surface area contributed by atoms with Crippen molar-refractivity contribution in [1.29, 1.82) is 0 Å². The molecule has 21 heavy (non-hydrogen) atoms. The number of rotatable bonds is 6. The summed E-state index contributed by atoms with van der Waals surface area (Å²) in [5, 5.41) is 11.2. The van der Waals surface area contributed by atoms with E-state index in [4.69, 9.17) is 5.11 Å². The fourth-order valence-electron chi connectivity index (χ4n) is 1.74. The van der Waals surface area contributed by atoms with Gasteiger partial charge < -0.3 is 10.4 Å². The third-order valence-electron chi connectivity index (χ3n) is 2.72. The van der Waals surface area contributed by atoms with E-state index in [0.717, 1.165) is 12.1 Å². The zero-order valence-electron chi connectivity index (χ0n) is 11.3. The predicted octanol–water partition coefficient (Wildman–Crippen LogP) is 2.47. The average Bonchev–Trinajstić information content (AvgIpc) is 2.37. The van der Waals surface area contributed by atoms with E-state index in [1.165, 1.54) is 0 Å². The number of hydrogen-bond acceptors (Lipinski definition) is 3. The summed E-state index contributed by atoms with van der Waals surface area (Å²) in [6, 6.07) is 1.14. The SMILES string of the molecule is CCCC(CC(=O)O)NC(=O)c1ccc(C(F)(F)F)cn1. The smallest absolute Gasteiger partial charge is 0.417 e. The van der Waals surface area contributed by atoms with Crippen molar-refractivity contribution in [3.05, 3.63) is 29.6 Å². The number of amides is 1. The highest BCUT2D eigenvalue weighted by atomic mass is 19.4. The number of pyridine rings is 1. The molecule has 0 aliphatic carbocycles. The van der Waals surface area contributed by atoms with Crippen LogP contribution < -0.4 is 5.32 Å². The second-order valence-electron chi connectivity index (χ2n) is 4.49. The Morgan fingerprint density at radius 2 is 2.05 bits per heavy atom. The first-order valence-electron chi connectivity index (χ1n) is 6.30. The number of alkyl halides is 3. The highest BCUT2D eigenvalue weighted by Crippen LogP contribution is 2.28. The number of aliphatic carboxylic acids is 1.